The Labute approximate surface area is 130 Å². The number of nitrogens with one attached hydrogen (secondary N) is 2. The van der Waals surface area contributed by atoms with Crippen LogP contribution >= 0.6 is 11.6 Å². The van der Waals surface area contributed by atoms with Gasteiger partial charge in [-0.05, 0) is 43.6 Å². The Bertz CT molecular complexity index is 513. The molecule has 0 aromatic heterocycles. The van der Waals surface area contributed by atoms with Crippen LogP contribution in [0.15, 0.2) is 18.2 Å². The number of hydrogen-bond donors (Lipinski definition) is 2. The average Bonchev–Trinajstić information content (AvgIpc) is 2.45. The van der Waals surface area contributed by atoms with Gasteiger partial charge < -0.3 is 10.6 Å². The first-order valence-electron chi connectivity index (χ1n) is 7.34. The van der Waals surface area contributed by atoms with Gasteiger partial charge in [-0.25, -0.2) is 4.39 Å². The molecular formula is C16H22ClFN2O. The lowest BCUT2D eigenvalue weighted by Crippen LogP contribution is -2.42. The Balaban J connectivity index is 1.98. The average molecular weight is 313 g/mol. The first-order chi connectivity index (χ1) is 9.90. The Morgan fingerprint density at radius 3 is 2.71 bits per heavy atom. The molecule has 0 spiro atoms. The first kappa shape index (κ1) is 16.2. The van der Waals surface area contributed by atoms with Crippen LogP contribution in [0.25, 0.3) is 0 Å². The summed E-state index contributed by atoms with van der Waals surface area (Å²) in [5, 5.41) is 6.66. The van der Waals surface area contributed by atoms with Crippen molar-refractivity contribution in [2.45, 2.75) is 32.1 Å². The SMILES string of the molecule is CC(C)(CNC(=O)C1CCNCC1)c1ccc(F)cc1Cl. The van der Waals surface area contributed by atoms with E-state index >= 15 is 0 Å². The van der Waals surface area contributed by atoms with Gasteiger partial charge in [0.2, 0.25) is 5.91 Å². The number of hydrogen-bond acceptors (Lipinski definition) is 2. The third-order valence-corrected chi connectivity index (χ3v) is 4.39. The van der Waals surface area contributed by atoms with Gasteiger partial charge in [0, 0.05) is 22.9 Å². The summed E-state index contributed by atoms with van der Waals surface area (Å²) in [6.07, 6.45) is 1.76. The standard InChI is InChI=1S/C16H22ClFN2O/c1-16(2,13-4-3-12(18)9-14(13)17)10-20-15(21)11-5-7-19-8-6-11/h3-4,9,11,19H,5-8,10H2,1-2H3,(H,20,21). The lowest BCUT2D eigenvalue weighted by Gasteiger charge is -2.29. The second kappa shape index (κ2) is 6.75. The van der Waals surface area contributed by atoms with E-state index in [2.05, 4.69) is 10.6 Å². The normalized spacial score (nSPS) is 16.8. The predicted molar refractivity (Wildman–Crippen MR) is 83.0 cm³/mol. The van der Waals surface area contributed by atoms with E-state index in [0.717, 1.165) is 31.5 Å². The van der Waals surface area contributed by atoms with Gasteiger partial charge in [0.15, 0.2) is 0 Å². The summed E-state index contributed by atoms with van der Waals surface area (Å²) in [5.41, 5.74) is 0.504. The number of piperidine rings is 1. The number of amides is 1. The maximum Gasteiger partial charge on any atom is 0.223 e. The van der Waals surface area contributed by atoms with Gasteiger partial charge in [-0.1, -0.05) is 31.5 Å². The number of carbonyl (C=O) groups is 1. The van der Waals surface area contributed by atoms with Crippen LogP contribution in [0.5, 0.6) is 0 Å². The monoisotopic (exact) mass is 312 g/mol. The predicted octanol–water partition coefficient (Wildman–Crippen LogP) is 2.87. The molecule has 1 fully saturated rings. The molecule has 21 heavy (non-hydrogen) atoms. The molecule has 2 N–H and O–H groups in total. The highest BCUT2D eigenvalue weighted by molar-refractivity contribution is 6.31. The van der Waals surface area contributed by atoms with E-state index < -0.39 is 0 Å². The molecule has 1 aromatic carbocycles. The van der Waals surface area contributed by atoms with Gasteiger partial charge in [0.25, 0.3) is 0 Å². The zero-order valence-corrected chi connectivity index (χ0v) is 13.3. The van der Waals surface area contributed by atoms with E-state index in [1.807, 2.05) is 13.8 Å². The van der Waals surface area contributed by atoms with Crippen molar-refractivity contribution in [3.05, 3.63) is 34.6 Å². The van der Waals surface area contributed by atoms with Crippen LogP contribution in [0, 0.1) is 11.7 Å². The van der Waals surface area contributed by atoms with Crippen LogP contribution in [-0.4, -0.2) is 25.5 Å². The molecule has 3 nitrogen and oxygen atoms in total. The van der Waals surface area contributed by atoms with Gasteiger partial charge in [-0.2, -0.15) is 0 Å². The van der Waals surface area contributed by atoms with Crippen LogP contribution in [0.1, 0.15) is 32.3 Å². The summed E-state index contributed by atoms with van der Waals surface area (Å²) in [4.78, 5) is 12.2. The summed E-state index contributed by atoms with van der Waals surface area (Å²) < 4.78 is 13.1. The lowest BCUT2D eigenvalue weighted by molar-refractivity contribution is -0.125. The Hall–Kier alpha value is -1.13. The fourth-order valence-electron chi connectivity index (χ4n) is 2.67. The molecule has 0 saturated carbocycles. The molecule has 116 valence electrons. The molecule has 0 bridgehead atoms. The number of carbonyl (C=O) groups excluding carboxylic acids is 1. The van der Waals surface area contributed by atoms with Crippen molar-refractivity contribution >= 4 is 17.5 Å². The fourth-order valence-corrected chi connectivity index (χ4v) is 3.09. The van der Waals surface area contributed by atoms with Crippen LogP contribution in [0.4, 0.5) is 4.39 Å². The lowest BCUT2D eigenvalue weighted by atomic mass is 9.84. The maximum absolute atomic E-state index is 13.1. The third-order valence-electron chi connectivity index (χ3n) is 4.07. The zero-order chi connectivity index (χ0) is 15.5. The summed E-state index contributed by atoms with van der Waals surface area (Å²) in [7, 11) is 0. The van der Waals surface area contributed by atoms with Gasteiger partial charge in [-0.15, -0.1) is 0 Å². The highest BCUT2D eigenvalue weighted by Crippen LogP contribution is 2.30. The largest absolute Gasteiger partial charge is 0.355 e. The summed E-state index contributed by atoms with van der Waals surface area (Å²) >= 11 is 6.12. The van der Waals surface area contributed by atoms with Crippen molar-refractivity contribution < 1.29 is 9.18 Å². The highest BCUT2D eigenvalue weighted by Gasteiger charge is 2.27. The molecule has 1 saturated heterocycles. The van der Waals surface area contributed by atoms with Crippen LogP contribution in [-0.2, 0) is 10.2 Å². The Kier molecular flexibility index (Phi) is 5.22. The third kappa shape index (κ3) is 4.17. The molecule has 0 unspecified atom stereocenters. The molecule has 0 radical (unpaired) electrons. The van der Waals surface area contributed by atoms with Crippen LogP contribution < -0.4 is 10.6 Å². The van der Waals surface area contributed by atoms with Crippen LogP contribution in [0.3, 0.4) is 0 Å². The molecule has 2 rings (SSSR count). The molecule has 1 aliphatic heterocycles. The maximum atomic E-state index is 13.1. The molecule has 1 amide bonds. The fraction of sp³-hybridized carbons (Fsp3) is 0.562. The van der Waals surface area contributed by atoms with E-state index in [1.165, 1.54) is 12.1 Å². The van der Waals surface area contributed by atoms with E-state index in [0.29, 0.717) is 11.6 Å². The minimum atomic E-state index is -0.349. The van der Waals surface area contributed by atoms with Crippen molar-refractivity contribution in [2.75, 3.05) is 19.6 Å². The first-order valence-corrected chi connectivity index (χ1v) is 7.72. The minimum Gasteiger partial charge on any atom is -0.355 e. The number of rotatable bonds is 4. The summed E-state index contributed by atoms with van der Waals surface area (Å²) in [6, 6.07) is 4.40. The van der Waals surface area contributed by atoms with E-state index in [4.69, 9.17) is 11.6 Å². The van der Waals surface area contributed by atoms with E-state index in [-0.39, 0.29) is 23.1 Å². The smallest absolute Gasteiger partial charge is 0.223 e. The van der Waals surface area contributed by atoms with Crippen LogP contribution in [0.2, 0.25) is 5.02 Å². The second-order valence-corrected chi connectivity index (χ2v) is 6.66. The Morgan fingerprint density at radius 2 is 2.10 bits per heavy atom. The summed E-state index contributed by atoms with van der Waals surface area (Å²) in [6.45, 7) is 6.27. The van der Waals surface area contributed by atoms with Crippen molar-refractivity contribution in [1.29, 1.82) is 0 Å². The van der Waals surface area contributed by atoms with Crippen molar-refractivity contribution in [3.8, 4) is 0 Å². The van der Waals surface area contributed by atoms with Crippen molar-refractivity contribution in [1.82, 2.24) is 10.6 Å². The second-order valence-electron chi connectivity index (χ2n) is 6.25. The van der Waals surface area contributed by atoms with Crippen molar-refractivity contribution in [2.24, 2.45) is 5.92 Å². The molecule has 5 heteroatoms. The molecule has 0 atom stereocenters. The Morgan fingerprint density at radius 1 is 1.43 bits per heavy atom. The topological polar surface area (TPSA) is 41.1 Å². The molecular weight excluding hydrogens is 291 g/mol. The number of halogens is 2. The van der Waals surface area contributed by atoms with Gasteiger partial charge >= 0.3 is 0 Å². The number of benzene rings is 1. The van der Waals surface area contributed by atoms with Gasteiger partial charge in [0.05, 0.1) is 0 Å². The summed E-state index contributed by atoms with van der Waals surface area (Å²) in [5.74, 6) is -0.160. The van der Waals surface area contributed by atoms with E-state index in [9.17, 15) is 9.18 Å². The quantitative estimate of drug-likeness (QED) is 0.897. The minimum absolute atomic E-state index is 0.0886. The molecule has 1 aliphatic rings. The van der Waals surface area contributed by atoms with Crippen molar-refractivity contribution in [3.63, 3.8) is 0 Å². The zero-order valence-electron chi connectivity index (χ0n) is 12.5. The van der Waals surface area contributed by atoms with Gasteiger partial charge in [0.1, 0.15) is 5.82 Å². The highest BCUT2D eigenvalue weighted by atomic mass is 35.5. The van der Waals surface area contributed by atoms with E-state index in [1.54, 1.807) is 6.07 Å². The molecule has 1 heterocycles. The molecule has 0 aliphatic carbocycles. The molecule has 1 aromatic rings. The van der Waals surface area contributed by atoms with Gasteiger partial charge in [-0.3, -0.25) is 4.79 Å².